The van der Waals surface area contributed by atoms with Crippen LogP contribution in [0.4, 0.5) is 0 Å². The fraction of sp³-hybridized carbons (Fsp3) is 0.636. The van der Waals surface area contributed by atoms with Gasteiger partial charge in [-0.3, -0.25) is 9.59 Å². The van der Waals surface area contributed by atoms with E-state index in [4.69, 9.17) is 14.9 Å². The third-order valence-electron chi connectivity index (χ3n) is 1.41. The van der Waals surface area contributed by atoms with E-state index in [2.05, 4.69) is 19.9 Å². The van der Waals surface area contributed by atoms with Crippen LogP contribution in [-0.4, -0.2) is 28.8 Å². The molecule has 5 heteroatoms. The summed E-state index contributed by atoms with van der Waals surface area (Å²) in [5.41, 5.74) is 0. The molecule has 0 aliphatic rings. The highest BCUT2D eigenvalue weighted by Gasteiger charge is 2.01. The van der Waals surface area contributed by atoms with Crippen molar-refractivity contribution >= 4 is 11.9 Å². The van der Waals surface area contributed by atoms with E-state index in [-0.39, 0.29) is 0 Å². The zero-order chi connectivity index (χ0) is 13.0. The van der Waals surface area contributed by atoms with Gasteiger partial charge in [-0.15, -0.1) is 0 Å². The Labute approximate surface area is 95.7 Å². The SMILES string of the molecule is CCC=C(CC)OCC.O=C(O)CC(=O)O. The Balaban J connectivity index is 0. The fourth-order valence-electron chi connectivity index (χ4n) is 0.848. The molecule has 0 saturated carbocycles. The lowest BCUT2D eigenvalue weighted by Gasteiger charge is -2.03. The van der Waals surface area contributed by atoms with Gasteiger partial charge in [0.15, 0.2) is 0 Å². The van der Waals surface area contributed by atoms with Crippen LogP contribution in [0.3, 0.4) is 0 Å². The van der Waals surface area contributed by atoms with Crippen LogP contribution >= 0.6 is 0 Å². The Hall–Kier alpha value is -1.52. The molecule has 0 unspecified atom stereocenters. The van der Waals surface area contributed by atoms with Crippen molar-refractivity contribution in [3.8, 4) is 0 Å². The number of hydrogen-bond acceptors (Lipinski definition) is 3. The molecule has 0 radical (unpaired) electrons. The summed E-state index contributed by atoms with van der Waals surface area (Å²) in [4.78, 5) is 18.9. The van der Waals surface area contributed by atoms with E-state index in [0.29, 0.717) is 0 Å². The Morgan fingerprint density at radius 1 is 1.12 bits per heavy atom. The van der Waals surface area contributed by atoms with Gasteiger partial charge in [-0.05, 0) is 19.4 Å². The maximum Gasteiger partial charge on any atom is 0.314 e. The third kappa shape index (κ3) is 15.0. The van der Waals surface area contributed by atoms with Crippen LogP contribution in [-0.2, 0) is 14.3 Å². The normalized spacial score (nSPS) is 10.1. The Morgan fingerprint density at radius 3 is 1.81 bits per heavy atom. The van der Waals surface area contributed by atoms with E-state index in [9.17, 15) is 9.59 Å². The predicted octanol–water partition coefficient (Wildman–Crippen LogP) is 2.27. The van der Waals surface area contributed by atoms with Gasteiger partial charge < -0.3 is 14.9 Å². The first-order valence-electron chi connectivity index (χ1n) is 5.23. The highest BCUT2D eigenvalue weighted by Crippen LogP contribution is 2.02. The summed E-state index contributed by atoms with van der Waals surface area (Å²) in [7, 11) is 0. The fourth-order valence-corrected chi connectivity index (χ4v) is 0.848. The molecular formula is C11H20O5. The number of carboxylic acid groups (broad SMARTS) is 2. The first-order valence-corrected chi connectivity index (χ1v) is 5.23. The molecule has 0 amide bonds. The Morgan fingerprint density at radius 2 is 1.62 bits per heavy atom. The monoisotopic (exact) mass is 232 g/mol. The van der Waals surface area contributed by atoms with Crippen LogP contribution in [0.5, 0.6) is 0 Å². The molecule has 0 aromatic rings. The topological polar surface area (TPSA) is 83.8 Å². The summed E-state index contributed by atoms with van der Waals surface area (Å²) in [5.74, 6) is -1.50. The maximum atomic E-state index is 9.43. The first kappa shape index (κ1) is 16.9. The Bertz CT molecular complexity index is 221. The van der Waals surface area contributed by atoms with E-state index in [0.717, 1.165) is 25.2 Å². The first-order chi connectivity index (χ1) is 7.47. The van der Waals surface area contributed by atoms with Crippen LogP contribution in [0.2, 0.25) is 0 Å². The smallest absolute Gasteiger partial charge is 0.314 e. The van der Waals surface area contributed by atoms with Gasteiger partial charge in [0.1, 0.15) is 6.42 Å². The summed E-state index contributed by atoms with van der Waals surface area (Å²) in [6.07, 6.45) is 3.41. The van der Waals surface area contributed by atoms with Gasteiger partial charge >= 0.3 is 11.9 Å². The molecule has 0 saturated heterocycles. The number of allylic oxidation sites excluding steroid dienone is 2. The summed E-state index contributed by atoms with van der Waals surface area (Å²) in [6, 6.07) is 0. The predicted molar refractivity (Wildman–Crippen MR) is 60.2 cm³/mol. The van der Waals surface area contributed by atoms with Gasteiger partial charge in [-0.25, -0.2) is 0 Å². The molecule has 0 heterocycles. The molecular weight excluding hydrogens is 212 g/mol. The summed E-state index contributed by atoms with van der Waals surface area (Å²) >= 11 is 0. The van der Waals surface area contributed by atoms with Gasteiger partial charge in [0.2, 0.25) is 0 Å². The molecule has 0 fully saturated rings. The number of aliphatic carboxylic acids is 2. The number of hydrogen-bond donors (Lipinski definition) is 2. The van der Waals surface area contributed by atoms with Crippen LogP contribution in [0.15, 0.2) is 11.8 Å². The standard InChI is InChI=1S/C8H16O.C3H4O4/c1-4-7-8(5-2)9-6-3;4-2(5)1-3(6)7/h7H,4-6H2,1-3H3;1H2,(H,4,5)(H,6,7). The second-order valence-corrected chi connectivity index (χ2v) is 2.83. The van der Waals surface area contributed by atoms with Crippen molar-refractivity contribution in [2.75, 3.05) is 6.61 Å². The lowest BCUT2D eigenvalue weighted by Crippen LogP contribution is -2.03. The van der Waals surface area contributed by atoms with Crippen LogP contribution in [0, 0.1) is 0 Å². The molecule has 0 aliphatic carbocycles. The van der Waals surface area contributed by atoms with Gasteiger partial charge in [-0.1, -0.05) is 13.8 Å². The molecule has 0 rings (SSSR count). The number of carbonyl (C=O) groups is 2. The molecule has 0 aliphatic heterocycles. The van der Waals surface area contributed by atoms with Crippen molar-refractivity contribution in [2.24, 2.45) is 0 Å². The molecule has 0 aromatic heterocycles. The number of ether oxygens (including phenoxy) is 1. The number of rotatable bonds is 6. The molecule has 0 aromatic carbocycles. The zero-order valence-electron chi connectivity index (χ0n) is 10.0. The summed E-state index contributed by atoms with van der Waals surface area (Å²) in [6.45, 7) is 7.03. The summed E-state index contributed by atoms with van der Waals surface area (Å²) < 4.78 is 5.29. The van der Waals surface area contributed by atoms with Crippen molar-refractivity contribution < 1.29 is 24.5 Å². The minimum absolute atomic E-state index is 0.791. The lowest BCUT2D eigenvalue weighted by molar-refractivity contribution is -0.147. The van der Waals surface area contributed by atoms with Gasteiger partial charge in [0.25, 0.3) is 0 Å². The minimum Gasteiger partial charge on any atom is -0.499 e. The van der Waals surface area contributed by atoms with Crippen LogP contribution in [0.25, 0.3) is 0 Å². The molecule has 94 valence electrons. The van der Waals surface area contributed by atoms with Gasteiger partial charge in [-0.2, -0.15) is 0 Å². The van der Waals surface area contributed by atoms with Crippen molar-refractivity contribution in [2.45, 2.75) is 40.0 Å². The zero-order valence-corrected chi connectivity index (χ0v) is 10.0. The largest absolute Gasteiger partial charge is 0.499 e. The average Bonchev–Trinajstić information content (AvgIpc) is 2.16. The highest BCUT2D eigenvalue weighted by atomic mass is 16.5. The van der Waals surface area contributed by atoms with Gasteiger partial charge in [0, 0.05) is 6.42 Å². The van der Waals surface area contributed by atoms with Crippen molar-refractivity contribution in [1.82, 2.24) is 0 Å². The molecule has 16 heavy (non-hydrogen) atoms. The second-order valence-electron chi connectivity index (χ2n) is 2.83. The molecule has 0 bridgehead atoms. The highest BCUT2D eigenvalue weighted by molar-refractivity contribution is 5.88. The van der Waals surface area contributed by atoms with Crippen molar-refractivity contribution in [3.05, 3.63) is 11.8 Å². The second kappa shape index (κ2) is 11.6. The van der Waals surface area contributed by atoms with E-state index in [1.807, 2.05) is 6.92 Å². The summed E-state index contributed by atoms with van der Waals surface area (Å²) in [5, 5.41) is 15.4. The number of carboxylic acids is 2. The minimum atomic E-state index is -1.31. The molecule has 0 spiro atoms. The van der Waals surface area contributed by atoms with E-state index >= 15 is 0 Å². The molecule has 2 N–H and O–H groups in total. The van der Waals surface area contributed by atoms with Crippen LogP contribution in [0.1, 0.15) is 40.0 Å². The third-order valence-corrected chi connectivity index (χ3v) is 1.41. The molecule has 0 atom stereocenters. The quantitative estimate of drug-likeness (QED) is 0.542. The maximum absolute atomic E-state index is 9.43. The van der Waals surface area contributed by atoms with Crippen molar-refractivity contribution in [1.29, 1.82) is 0 Å². The Kier molecular flexibility index (Phi) is 12.2. The van der Waals surface area contributed by atoms with Crippen LogP contribution < -0.4 is 0 Å². The van der Waals surface area contributed by atoms with Crippen molar-refractivity contribution in [3.63, 3.8) is 0 Å². The lowest BCUT2D eigenvalue weighted by atomic mass is 10.3. The van der Waals surface area contributed by atoms with E-state index < -0.39 is 18.4 Å². The van der Waals surface area contributed by atoms with E-state index in [1.54, 1.807) is 0 Å². The molecule has 5 nitrogen and oxygen atoms in total. The van der Waals surface area contributed by atoms with E-state index in [1.165, 1.54) is 0 Å². The average molecular weight is 232 g/mol. The van der Waals surface area contributed by atoms with Gasteiger partial charge in [0.05, 0.1) is 12.4 Å².